The number of hydrogen-bond acceptors (Lipinski definition) is 2. The molecule has 1 amide bonds. The van der Waals surface area contributed by atoms with Crippen LogP contribution in [0.3, 0.4) is 0 Å². The van der Waals surface area contributed by atoms with Crippen LogP contribution in [0, 0.1) is 13.8 Å². The fourth-order valence-electron chi connectivity index (χ4n) is 2.26. The standard InChI is InChI=1S/C17H16F3NO2/c1-11-7-12(2)9-14(8-11)16(22)21-10-13-5-3-4-6-15(13)23-17(18,19)20/h3-9H,10H2,1-2H3,(H,21,22). The number of benzene rings is 2. The number of rotatable bonds is 4. The number of alkyl halides is 3. The summed E-state index contributed by atoms with van der Waals surface area (Å²) >= 11 is 0. The minimum absolute atomic E-state index is 0.0575. The zero-order valence-electron chi connectivity index (χ0n) is 12.7. The summed E-state index contributed by atoms with van der Waals surface area (Å²) in [6, 6.07) is 11.1. The lowest BCUT2D eigenvalue weighted by Crippen LogP contribution is -2.24. The van der Waals surface area contributed by atoms with E-state index in [0.717, 1.165) is 11.1 Å². The van der Waals surface area contributed by atoms with Crippen LogP contribution in [0.5, 0.6) is 5.75 Å². The Balaban J connectivity index is 2.10. The van der Waals surface area contributed by atoms with Crippen LogP contribution in [0.1, 0.15) is 27.0 Å². The summed E-state index contributed by atoms with van der Waals surface area (Å²) in [6.07, 6.45) is -4.77. The van der Waals surface area contributed by atoms with E-state index in [9.17, 15) is 18.0 Å². The van der Waals surface area contributed by atoms with E-state index in [1.54, 1.807) is 18.2 Å². The van der Waals surface area contributed by atoms with Crippen molar-refractivity contribution in [3.05, 3.63) is 64.7 Å². The average Bonchev–Trinajstić information content (AvgIpc) is 2.43. The van der Waals surface area contributed by atoms with E-state index in [2.05, 4.69) is 10.1 Å². The Morgan fingerprint density at radius 1 is 1.09 bits per heavy atom. The lowest BCUT2D eigenvalue weighted by atomic mass is 10.1. The van der Waals surface area contributed by atoms with E-state index in [-0.39, 0.29) is 23.8 Å². The van der Waals surface area contributed by atoms with E-state index >= 15 is 0 Å². The zero-order valence-corrected chi connectivity index (χ0v) is 12.7. The second-order valence-electron chi connectivity index (χ2n) is 5.21. The van der Waals surface area contributed by atoms with Crippen LogP contribution in [0.15, 0.2) is 42.5 Å². The second kappa shape index (κ2) is 6.73. The number of carbonyl (C=O) groups excluding carboxylic acids is 1. The van der Waals surface area contributed by atoms with Gasteiger partial charge in [0.2, 0.25) is 0 Å². The van der Waals surface area contributed by atoms with Crippen LogP contribution in [-0.2, 0) is 6.54 Å². The van der Waals surface area contributed by atoms with E-state index < -0.39 is 6.36 Å². The van der Waals surface area contributed by atoms with Gasteiger partial charge in [0.15, 0.2) is 0 Å². The maximum absolute atomic E-state index is 12.4. The fraction of sp³-hybridized carbons (Fsp3) is 0.235. The van der Waals surface area contributed by atoms with Crippen LogP contribution in [0.25, 0.3) is 0 Å². The first-order valence-electron chi connectivity index (χ1n) is 6.95. The molecule has 0 aromatic heterocycles. The Morgan fingerprint density at radius 2 is 1.70 bits per heavy atom. The van der Waals surface area contributed by atoms with Crippen LogP contribution < -0.4 is 10.1 Å². The smallest absolute Gasteiger partial charge is 0.405 e. The third-order valence-corrected chi connectivity index (χ3v) is 3.12. The highest BCUT2D eigenvalue weighted by molar-refractivity contribution is 5.94. The van der Waals surface area contributed by atoms with Gasteiger partial charge in [-0.3, -0.25) is 4.79 Å². The van der Waals surface area contributed by atoms with Crippen molar-refractivity contribution < 1.29 is 22.7 Å². The van der Waals surface area contributed by atoms with Gasteiger partial charge in [0.1, 0.15) is 5.75 Å². The van der Waals surface area contributed by atoms with Crippen molar-refractivity contribution in [1.82, 2.24) is 5.32 Å². The molecule has 0 unspecified atom stereocenters. The number of aryl methyl sites for hydroxylation is 2. The molecule has 0 aliphatic carbocycles. The fourth-order valence-corrected chi connectivity index (χ4v) is 2.26. The summed E-state index contributed by atoms with van der Waals surface area (Å²) in [6.45, 7) is 3.69. The van der Waals surface area contributed by atoms with Crippen molar-refractivity contribution in [2.24, 2.45) is 0 Å². The summed E-state index contributed by atoms with van der Waals surface area (Å²) in [5, 5.41) is 2.61. The zero-order chi connectivity index (χ0) is 17.0. The molecule has 0 saturated heterocycles. The van der Waals surface area contributed by atoms with Crippen LogP contribution in [0.4, 0.5) is 13.2 Å². The largest absolute Gasteiger partial charge is 0.573 e. The molecule has 0 heterocycles. The molecule has 0 fully saturated rings. The Hall–Kier alpha value is -2.50. The van der Waals surface area contributed by atoms with E-state index in [0.29, 0.717) is 5.56 Å². The highest BCUT2D eigenvalue weighted by Gasteiger charge is 2.31. The summed E-state index contributed by atoms with van der Waals surface area (Å²) in [4.78, 5) is 12.1. The molecule has 1 N–H and O–H groups in total. The normalized spacial score (nSPS) is 11.2. The number of ether oxygens (including phenoxy) is 1. The lowest BCUT2D eigenvalue weighted by molar-refractivity contribution is -0.274. The van der Waals surface area contributed by atoms with Crippen molar-refractivity contribution in [2.75, 3.05) is 0 Å². The SMILES string of the molecule is Cc1cc(C)cc(C(=O)NCc2ccccc2OC(F)(F)F)c1. The summed E-state index contributed by atoms with van der Waals surface area (Å²) < 4.78 is 41.1. The van der Waals surface area contributed by atoms with Gasteiger partial charge in [-0.2, -0.15) is 0 Å². The molecule has 23 heavy (non-hydrogen) atoms. The molecule has 0 bridgehead atoms. The monoisotopic (exact) mass is 323 g/mol. The third kappa shape index (κ3) is 5.02. The van der Waals surface area contributed by atoms with Crippen molar-refractivity contribution >= 4 is 5.91 Å². The predicted molar refractivity (Wildman–Crippen MR) is 80.2 cm³/mol. The minimum atomic E-state index is -4.77. The number of halogens is 3. The van der Waals surface area contributed by atoms with E-state index in [1.807, 2.05) is 19.9 Å². The molecular formula is C17H16F3NO2. The van der Waals surface area contributed by atoms with Gasteiger partial charge in [-0.05, 0) is 32.0 Å². The van der Waals surface area contributed by atoms with Gasteiger partial charge in [-0.1, -0.05) is 35.4 Å². The second-order valence-corrected chi connectivity index (χ2v) is 5.21. The highest BCUT2D eigenvalue weighted by Crippen LogP contribution is 2.26. The highest BCUT2D eigenvalue weighted by atomic mass is 19.4. The van der Waals surface area contributed by atoms with Crippen molar-refractivity contribution in [1.29, 1.82) is 0 Å². The molecule has 0 aliphatic rings. The van der Waals surface area contributed by atoms with Gasteiger partial charge < -0.3 is 10.1 Å². The van der Waals surface area contributed by atoms with Crippen LogP contribution >= 0.6 is 0 Å². The minimum Gasteiger partial charge on any atom is -0.405 e. The lowest BCUT2D eigenvalue weighted by Gasteiger charge is -2.14. The Morgan fingerprint density at radius 3 is 2.30 bits per heavy atom. The summed E-state index contributed by atoms with van der Waals surface area (Å²) in [5.74, 6) is -0.667. The van der Waals surface area contributed by atoms with Gasteiger partial charge >= 0.3 is 6.36 Å². The molecule has 2 rings (SSSR count). The first-order valence-corrected chi connectivity index (χ1v) is 6.95. The molecular weight excluding hydrogens is 307 g/mol. The van der Waals surface area contributed by atoms with Crippen molar-refractivity contribution in [2.45, 2.75) is 26.8 Å². The van der Waals surface area contributed by atoms with Gasteiger partial charge in [-0.15, -0.1) is 13.2 Å². The van der Waals surface area contributed by atoms with Crippen LogP contribution in [-0.4, -0.2) is 12.3 Å². The van der Waals surface area contributed by atoms with Gasteiger partial charge in [0, 0.05) is 17.7 Å². The molecule has 2 aromatic carbocycles. The summed E-state index contributed by atoms with van der Waals surface area (Å²) in [5.41, 5.74) is 2.60. The quantitative estimate of drug-likeness (QED) is 0.918. The molecule has 122 valence electrons. The van der Waals surface area contributed by atoms with Gasteiger partial charge in [-0.25, -0.2) is 0 Å². The number of hydrogen-bond donors (Lipinski definition) is 1. The molecule has 0 aliphatic heterocycles. The molecule has 0 spiro atoms. The van der Waals surface area contributed by atoms with Crippen LogP contribution in [0.2, 0.25) is 0 Å². The number of nitrogens with one attached hydrogen (secondary N) is 1. The Bertz CT molecular complexity index is 691. The molecule has 2 aromatic rings. The van der Waals surface area contributed by atoms with E-state index in [1.165, 1.54) is 18.2 Å². The Kier molecular flexibility index (Phi) is 4.93. The summed E-state index contributed by atoms with van der Waals surface area (Å²) in [7, 11) is 0. The first kappa shape index (κ1) is 16.9. The molecule has 0 saturated carbocycles. The molecule has 6 heteroatoms. The van der Waals surface area contributed by atoms with Gasteiger partial charge in [0.25, 0.3) is 5.91 Å². The third-order valence-electron chi connectivity index (χ3n) is 3.12. The maximum atomic E-state index is 12.4. The molecule has 3 nitrogen and oxygen atoms in total. The Labute approximate surface area is 132 Å². The topological polar surface area (TPSA) is 38.3 Å². The van der Waals surface area contributed by atoms with Crippen molar-refractivity contribution in [3.8, 4) is 5.75 Å². The van der Waals surface area contributed by atoms with Gasteiger partial charge in [0.05, 0.1) is 0 Å². The van der Waals surface area contributed by atoms with E-state index in [4.69, 9.17) is 0 Å². The maximum Gasteiger partial charge on any atom is 0.573 e. The van der Waals surface area contributed by atoms with Crippen molar-refractivity contribution in [3.63, 3.8) is 0 Å². The number of para-hydroxylation sites is 1. The molecule has 0 radical (unpaired) electrons. The first-order chi connectivity index (χ1) is 10.7. The number of amides is 1. The molecule has 0 atom stereocenters. The number of carbonyl (C=O) groups is 1. The average molecular weight is 323 g/mol. The predicted octanol–water partition coefficient (Wildman–Crippen LogP) is 4.13.